The van der Waals surface area contributed by atoms with Crippen molar-refractivity contribution in [3.63, 3.8) is 0 Å². The van der Waals surface area contributed by atoms with Crippen LogP contribution in [0, 0.1) is 0 Å². The molecule has 0 saturated heterocycles. The maximum absolute atomic E-state index is 13.4. The van der Waals surface area contributed by atoms with Crippen molar-refractivity contribution in [2.24, 2.45) is 5.73 Å². The van der Waals surface area contributed by atoms with Gasteiger partial charge in [-0.1, -0.05) is 60.7 Å². The maximum Gasteiger partial charge on any atom is 0.326 e. The Balaban J connectivity index is 2.10. The minimum atomic E-state index is -1.53. The number of hydrogen-bond donors (Lipinski definition) is 9. The summed E-state index contributed by atoms with van der Waals surface area (Å²) in [6, 6.07) is 9.14. The third-order valence-electron chi connectivity index (χ3n) is 7.33. The van der Waals surface area contributed by atoms with Crippen LogP contribution in [0.4, 0.5) is 0 Å². The van der Waals surface area contributed by atoms with E-state index in [2.05, 4.69) is 26.6 Å². The average molecular weight is 699 g/mol. The third-order valence-corrected chi connectivity index (χ3v) is 7.33. The molecule has 2 aromatic carbocycles. The second kappa shape index (κ2) is 19.9. The summed E-state index contributed by atoms with van der Waals surface area (Å²) in [6.07, 6.45) is -1.73. The van der Waals surface area contributed by atoms with Gasteiger partial charge in [0.25, 0.3) is 0 Å². The predicted molar refractivity (Wildman–Crippen MR) is 176 cm³/mol. The highest BCUT2D eigenvalue weighted by Gasteiger charge is 2.31. The minimum absolute atomic E-state index is 0.0111. The molecule has 0 aliphatic carbocycles. The Morgan fingerprint density at radius 2 is 0.980 bits per heavy atom. The minimum Gasteiger partial charge on any atom is -0.481 e. The van der Waals surface area contributed by atoms with Crippen LogP contribution in [0.5, 0.6) is 0 Å². The summed E-state index contributed by atoms with van der Waals surface area (Å²) < 4.78 is 0. The van der Waals surface area contributed by atoms with Gasteiger partial charge in [0.1, 0.15) is 30.2 Å². The topological polar surface area (TPSA) is 283 Å². The fourth-order valence-electron chi connectivity index (χ4n) is 4.56. The fraction of sp³-hybridized carbons (Fsp3) is 0.394. The number of carboxylic acid groups (broad SMARTS) is 3. The smallest absolute Gasteiger partial charge is 0.326 e. The molecule has 0 aromatic heterocycles. The van der Waals surface area contributed by atoms with Crippen molar-refractivity contribution >= 4 is 47.4 Å². The van der Waals surface area contributed by atoms with E-state index in [9.17, 15) is 43.5 Å². The lowest BCUT2D eigenvalue weighted by molar-refractivity contribution is -0.142. The fourth-order valence-corrected chi connectivity index (χ4v) is 4.56. The van der Waals surface area contributed by atoms with Crippen molar-refractivity contribution in [2.75, 3.05) is 0 Å². The lowest BCUT2D eigenvalue weighted by Crippen LogP contribution is -2.58. The number of hydrogen-bond acceptors (Lipinski definition) is 9. The maximum atomic E-state index is 13.4. The van der Waals surface area contributed by atoms with Crippen LogP contribution in [0.25, 0.3) is 0 Å². The van der Waals surface area contributed by atoms with Crippen molar-refractivity contribution in [2.45, 2.75) is 82.2 Å². The number of carbonyl (C=O) groups is 8. The van der Waals surface area contributed by atoms with Gasteiger partial charge >= 0.3 is 17.9 Å². The van der Waals surface area contributed by atoms with E-state index in [1.165, 1.54) is 13.8 Å². The van der Waals surface area contributed by atoms with Gasteiger partial charge in [-0.3, -0.25) is 33.6 Å². The predicted octanol–water partition coefficient (Wildman–Crippen LogP) is -1.31. The zero-order valence-corrected chi connectivity index (χ0v) is 27.5. The van der Waals surface area contributed by atoms with Gasteiger partial charge in [0.15, 0.2) is 0 Å². The number of rotatable bonds is 20. The van der Waals surface area contributed by atoms with Gasteiger partial charge in [0, 0.05) is 19.3 Å². The normalized spacial score (nSPS) is 14.3. The van der Waals surface area contributed by atoms with E-state index in [4.69, 9.17) is 15.9 Å². The van der Waals surface area contributed by atoms with Crippen molar-refractivity contribution in [3.8, 4) is 0 Å². The molecule has 50 heavy (non-hydrogen) atoms. The van der Waals surface area contributed by atoms with Crippen LogP contribution in [-0.4, -0.2) is 99.0 Å². The van der Waals surface area contributed by atoms with Crippen molar-refractivity contribution < 1.29 is 53.7 Å². The number of carboxylic acids is 3. The number of aliphatic carboxylic acids is 3. The molecule has 17 nitrogen and oxygen atoms in total. The molecule has 0 spiro atoms. The quantitative estimate of drug-likeness (QED) is 0.0779. The van der Waals surface area contributed by atoms with E-state index in [-0.39, 0.29) is 12.8 Å². The second-order valence-corrected chi connectivity index (χ2v) is 11.5. The zero-order valence-electron chi connectivity index (χ0n) is 27.5. The molecule has 0 bridgehead atoms. The molecule has 0 aliphatic heterocycles. The molecule has 0 heterocycles. The van der Waals surface area contributed by atoms with Crippen LogP contribution in [0.1, 0.15) is 44.2 Å². The van der Waals surface area contributed by atoms with Gasteiger partial charge in [-0.15, -0.1) is 0 Å². The number of nitrogens with two attached hydrogens (primary N) is 1. The highest BCUT2D eigenvalue weighted by molar-refractivity contribution is 5.96. The molecule has 0 radical (unpaired) electrons. The van der Waals surface area contributed by atoms with E-state index in [0.29, 0.717) is 11.1 Å². The van der Waals surface area contributed by atoms with E-state index in [1.807, 2.05) is 0 Å². The SMILES string of the molecule is C[C@H](NC(=O)[C@H](C)NC(=O)[C@H](CCC(=O)O)NC(=O)[C@@H](N)CC(=O)O)C(=O)N[C@@H](Cc1ccccc1)C(=O)N[C@@H](Cc1ccccc1)C(=O)O. The molecule has 2 rings (SSSR count). The van der Waals surface area contributed by atoms with Gasteiger partial charge < -0.3 is 47.6 Å². The molecule has 0 unspecified atom stereocenters. The van der Waals surface area contributed by atoms with Crippen molar-refractivity contribution in [3.05, 3.63) is 71.8 Å². The van der Waals surface area contributed by atoms with Crippen LogP contribution in [0.2, 0.25) is 0 Å². The summed E-state index contributed by atoms with van der Waals surface area (Å²) in [6.45, 7) is 2.57. The van der Waals surface area contributed by atoms with Crippen molar-refractivity contribution in [1.82, 2.24) is 26.6 Å². The molecular formula is C33H42N6O11. The van der Waals surface area contributed by atoms with Gasteiger partial charge in [0.05, 0.1) is 12.5 Å². The lowest BCUT2D eigenvalue weighted by atomic mass is 10.0. The Labute approximate surface area is 287 Å². The summed E-state index contributed by atoms with van der Waals surface area (Å²) in [4.78, 5) is 98.6. The molecule has 0 aliphatic rings. The largest absolute Gasteiger partial charge is 0.481 e. The van der Waals surface area contributed by atoms with Gasteiger partial charge in [-0.05, 0) is 31.4 Å². The van der Waals surface area contributed by atoms with Crippen LogP contribution in [0.3, 0.4) is 0 Å². The lowest BCUT2D eigenvalue weighted by Gasteiger charge is -2.25. The number of carbonyl (C=O) groups excluding carboxylic acids is 5. The molecule has 2 aromatic rings. The standard InChI is InChI=1S/C33H42N6O11/c1-18(36-31(47)23(13-14-26(40)41)37-30(46)22(34)17-27(42)43)28(44)35-19(2)29(45)38-24(15-20-9-5-3-6-10-20)32(48)39-25(33(49)50)16-21-11-7-4-8-12-21/h3-12,18-19,22-25H,13-17,34H2,1-2H3,(H,35,44)(H,36,47)(H,37,46)(H,38,45)(H,39,48)(H,40,41)(H,42,43)(H,49,50)/t18-,19-,22-,23-,24-,25-/m0/s1. The van der Waals surface area contributed by atoms with Crippen LogP contribution in [0.15, 0.2) is 60.7 Å². The number of benzene rings is 2. The van der Waals surface area contributed by atoms with E-state index < -0.39 is 103 Å². The van der Waals surface area contributed by atoms with E-state index in [0.717, 1.165) is 0 Å². The second-order valence-electron chi connectivity index (χ2n) is 11.5. The van der Waals surface area contributed by atoms with Gasteiger partial charge in [-0.25, -0.2) is 4.79 Å². The molecule has 0 fully saturated rings. The molecule has 270 valence electrons. The monoisotopic (exact) mass is 698 g/mol. The molecule has 6 atom stereocenters. The Bertz CT molecular complexity index is 1520. The summed E-state index contributed by atoms with van der Waals surface area (Å²) >= 11 is 0. The van der Waals surface area contributed by atoms with Crippen molar-refractivity contribution in [1.29, 1.82) is 0 Å². The summed E-state index contributed by atoms with van der Waals surface area (Å²) in [5, 5.41) is 39.6. The third kappa shape index (κ3) is 14.1. The van der Waals surface area contributed by atoms with Crippen LogP contribution >= 0.6 is 0 Å². The van der Waals surface area contributed by atoms with Crippen LogP contribution in [-0.2, 0) is 51.2 Å². The Morgan fingerprint density at radius 3 is 1.46 bits per heavy atom. The first kappa shape index (κ1) is 40.3. The Morgan fingerprint density at radius 1 is 0.560 bits per heavy atom. The highest BCUT2D eigenvalue weighted by Crippen LogP contribution is 2.08. The highest BCUT2D eigenvalue weighted by atomic mass is 16.4. The summed E-state index contributed by atoms with van der Waals surface area (Å²) in [5.41, 5.74) is 6.85. The molecule has 10 N–H and O–H groups in total. The van der Waals surface area contributed by atoms with E-state index >= 15 is 0 Å². The first-order valence-corrected chi connectivity index (χ1v) is 15.6. The Hall–Kier alpha value is -5.84. The van der Waals surface area contributed by atoms with E-state index in [1.54, 1.807) is 60.7 Å². The first-order chi connectivity index (χ1) is 23.6. The Kier molecular flexibility index (Phi) is 16.0. The summed E-state index contributed by atoms with van der Waals surface area (Å²) in [7, 11) is 0. The number of nitrogens with one attached hydrogen (secondary N) is 5. The average Bonchev–Trinajstić information content (AvgIpc) is 3.06. The number of amides is 5. The summed E-state index contributed by atoms with van der Waals surface area (Å²) in [5.74, 6) is -8.37. The molecule has 17 heteroatoms. The first-order valence-electron chi connectivity index (χ1n) is 15.6. The molecule has 5 amide bonds. The molecule has 0 saturated carbocycles. The molecular weight excluding hydrogens is 656 g/mol. The van der Waals surface area contributed by atoms with Gasteiger partial charge in [0.2, 0.25) is 29.5 Å². The zero-order chi connectivity index (χ0) is 37.4. The van der Waals surface area contributed by atoms with Crippen LogP contribution < -0.4 is 32.3 Å². The van der Waals surface area contributed by atoms with Gasteiger partial charge in [-0.2, -0.15) is 0 Å².